The number of rotatable bonds is 5. The van der Waals surface area contributed by atoms with Gasteiger partial charge in [-0.15, -0.1) is 0 Å². The van der Waals surface area contributed by atoms with E-state index < -0.39 is 0 Å². The van der Waals surface area contributed by atoms with Crippen LogP contribution in [0.5, 0.6) is 5.75 Å². The first-order valence-electron chi connectivity index (χ1n) is 12.5. The van der Waals surface area contributed by atoms with Crippen molar-refractivity contribution in [3.05, 3.63) is 137 Å². The van der Waals surface area contributed by atoms with Crippen LogP contribution in [0.2, 0.25) is 0 Å². The molecule has 4 nitrogen and oxygen atoms in total. The van der Waals surface area contributed by atoms with Gasteiger partial charge in [0.1, 0.15) is 12.4 Å². The van der Waals surface area contributed by atoms with E-state index in [2.05, 4.69) is 53.1 Å². The lowest BCUT2D eigenvalue weighted by molar-refractivity contribution is -0.116. The molecular weight excluding hydrogens is 444 g/mol. The van der Waals surface area contributed by atoms with Gasteiger partial charge >= 0.3 is 0 Å². The van der Waals surface area contributed by atoms with Crippen LogP contribution in [0.15, 0.2) is 120 Å². The van der Waals surface area contributed by atoms with E-state index in [4.69, 9.17) is 4.74 Å². The van der Waals surface area contributed by atoms with E-state index in [0.717, 1.165) is 45.9 Å². The maximum absolute atomic E-state index is 13.8. The zero-order valence-corrected chi connectivity index (χ0v) is 20.0. The van der Waals surface area contributed by atoms with Gasteiger partial charge in [0.15, 0.2) is 5.78 Å². The topological polar surface area (TPSA) is 50.4 Å². The molecule has 178 valence electrons. The van der Waals surface area contributed by atoms with Gasteiger partial charge in [-0.1, -0.05) is 91.0 Å². The molecule has 6 rings (SSSR count). The molecule has 0 saturated carbocycles. The van der Waals surface area contributed by atoms with Crippen molar-refractivity contribution in [2.24, 2.45) is 0 Å². The van der Waals surface area contributed by atoms with Crippen molar-refractivity contribution in [2.45, 2.75) is 31.4 Å². The Balaban J connectivity index is 1.41. The van der Waals surface area contributed by atoms with Crippen LogP contribution in [0.25, 0.3) is 0 Å². The van der Waals surface area contributed by atoms with Gasteiger partial charge in [0.05, 0.1) is 17.4 Å². The fraction of sp³-hybridized carbons (Fsp3) is 0.156. The van der Waals surface area contributed by atoms with Crippen LogP contribution in [-0.2, 0) is 11.4 Å². The molecular formula is C32H28N2O2. The minimum absolute atomic E-state index is 0.153. The van der Waals surface area contributed by atoms with Crippen molar-refractivity contribution in [3.8, 4) is 5.75 Å². The number of allylic oxidation sites excluding steroid dienone is 1. The summed E-state index contributed by atoms with van der Waals surface area (Å²) in [7, 11) is 0. The van der Waals surface area contributed by atoms with Gasteiger partial charge in [0.25, 0.3) is 0 Å². The van der Waals surface area contributed by atoms with Crippen molar-refractivity contribution >= 4 is 17.2 Å². The molecule has 0 bridgehead atoms. The first-order valence-corrected chi connectivity index (χ1v) is 12.5. The standard InChI is InChI=1S/C32H28N2O2/c35-29-20-24(23-13-5-2-6-14-23)19-28-31(29)32(34-27-17-9-8-16-26(27)33-28)25-15-7-10-18-30(25)36-21-22-11-3-1-4-12-22/h1-18,24,32-34H,19-21H2/t24-,32-/m1/s1. The maximum atomic E-state index is 13.8. The van der Waals surface area contributed by atoms with Crippen molar-refractivity contribution < 1.29 is 9.53 Å². The molecule has 2 atom stereocenters. The largest absolute Gasteiger partial charge is 0.489 e. The summed E-state index contributed by atoms with van der Waals surface area (Å²) in [5, 5.41) is 7.30. The Morgan fingerprint density at radius 3 is 2.19 bits per heavy atom. The molecule has 0 amide bonds. The Hall–Kier alpha value is -4.31. The van der Waals surface area contributed by atoms with E-state index in [0.29, 0.717) is 13.0 Å². The van der Waals surface area contributed by atoms with Gasteiger partial charge < -0.3 is 15.4 Å². The fourth-order valence-corrected chi connectivity index (χ4v) is 5.27. The first kappa shape index (κ1) is 22.2. The Morgan fingerprint density at radius 2 is 1.39 bits per heavy atom. The van der Waals surface area contributed by atoms with Gasteiger partial charge in [-0.2, -0.15) is 0 Å². The molecule has 1 aliphatic carbocycles. The predicted octanol–water partition coefficient (Wildman–Crippen LogP) is 7.25. The highest BCUT2D eigenvalue weighted by Crippen LogP contribution is 2.45. The van der Waals surface area contributed by atoms with Crippen LogP contribution in [0.1, 0.15) is 41.5 Å². The van der Waals surface area contributed by atoms with Crippen LogP contribution in [-0.4, -0.2) is 5.78 Å². The number of anilines is 2. The fourth-order valence-electron chi connectivity index (χ4n) is 5.27. The molecule has 0 radical (unpaired) electrons. The minimum Gasteiger partial charge on any atom is -0.489 e. The predicted molar refractivity (Wildman–Crippen MR) is 144 cm³/mol. The molecule has 1 aliphatic heterocycles. The monoisotopic (exact) mass is 472 g/mol. The average Bonchev–Trinajstić information content (AvgIpc) is 3.10. The maximum Gasteiger partial charge on any atom is 0.163 e. The van der Waals surface area contributed by atoms with E-state index in [1.54, 1.807) is 0 Å². The molecule has 2 aliphatic rings. The highest BCUT2D eigenvalue weighted by atomic mass is 16.5. The van der Waals surface area contributed by atoms with Gasteiger partial charge in [-0.25, -0.2) is 0 Å². The average molecular weight is 473 g/mol. The molecule has 0 aromatic heterocycles. The zero-order valence-electron chi connectivity index (χ0n) is 20.0. The first-order chi connectivity index (χ1) is 17.8. The van der Waals surface area contributed by atoms with Crippen LogP contribution < -0.4 is 15.4 Å². The number of carbonyl (C=O) groups is 1. The van der Waals surface area contributed by atoms with Gasteiger partial charge in [0, 0.05) is 23.3 Å². The van der Waals surface area contributed by atoms with Crippen LogP contribution >= 0.6 is 0 Å². The molecule has 0 fully saturated rings. The normalized spacial score (nSPS) is 18.8. The quantitative estimate of drug-likeness (QED) is 0.321. The number of hydrogen-bond acceptors (Lipinski definition) is 4. The Bertz CT molecular complexity index is 1410. The molecule has 1 heterocycles. The SMILES string of the molecule is O=C1C[C@H](c2ccccc2)CC2=C1[C@@H](c1ccccc1OCc1ccccc1)Nc1ccccc1N2. The second-order valence-electron chi connectivity index (χ2n) is 9.39. The van der Waals surface area contributed by atoms with E-state index in [-0.39, 0.29) is 17.7 Å². The summed E-state index contributed by atoms with van der Waals surface area (Å²) in [5.74, 6) is 1.10. The van der Waals surface area contributed by atoms with E-state index in [1.807, 2.05) is 66.7 Å². The third-order valence-electron chi connectivity index (χ3n) is 7.05. The molecule has 36 heavy (non-hydrogen) atoms. The van der Waals surface area contributed by atoms with Crippen molar-refractivity contribution in [1.82, 2.24) is 0 Å². The summed E-state index contributed by atoms with van der Waals surface area (Å²) >= 11 is 0. The Kier molecular flexibility index (Phi) is 6.00. The molecule has 0 spiro atoms. The van der Waals surface area contributed by atoms with E-state index in [1.165, 1.54) is 5.56 Å². The highest BCUT2D eigenvalue weighted by Gasteiger charge is 2.37. The number of nitrogens with one attached hydrogen (secondary N) is 2. The van der Waals surface area contributed by atoms with Crippen LogP contribution in [0.4, 0.5) is 11.4 Å². The molecule has 4 aromatic rings. The lowest BCUT2D eigenvalue weighted by Gasteiger charge is -2.30. The van der Waals surface area contributed by atoms with Crippen molar-refractivity contribution in [3.63, 3.8) is 0 Å². The smallest absolute Gasteiger partial charge is 0.163 e. The van der Waals surface area contributed by atoms with Gasteiger partial charge in [-0.05, 0) is 41.7 Å². The second kappa shape index (κ2) is 9.74. The van der Waals surface area contributed by atoms with Crippen LogP contribution in [0, 0.1) is 0 Å². The number of benzene rings is 4. The Morgan fingerprint density at radius 1 is 0.722 bits per heavy atom. The number of carbonyl (C=O) groups excluding carboxylic acids is 1. The molecule has 0 unspecified atom stereocenters. The lowest BCUT2D eigenvalue weighted by Crippen LogP contribution is -2.27. The molecule has 4 aromatic carbocycles. The van der Waals surface area contributed by atoms with Gasteiger partial charge in [-0.3, -0.25) is 4.79 Å². The molecule has 0 saturated heterocycles. The number of ketones is 1. The van der Waals surface area contributed by atoms with E-state index >= 15 is 0 Å². The number of Topliss-reactive ketones (excluding diaryl/α,β-unsaturated/α-hetero) is 1. The highest BCUT2D eigenvalue weighted by molar-refractivity contribution is 6.01. The number of ether oxygens (including phenoxy) is 1. The summed E-state index contributed by atoms with van der Waals surface area (Å²) in [6.07, 6.45) is 1.27. The summed E-state index contributed by atoms with van der Waals surface area (Å²) in [6, 6.07) is 36.4. The van der Waals surface area contributed by atoms with Crippen LogP contribution in [0.3, 0.4) is 0 Å². The van der Waals surface area contributed by atoms with Crippen molar-refractivity contribution in [1.29, 1.82) is 0 Å². The summed E-state index contributed by atoms with van der Waals surface area (Å²) in [6.45, 7) is 0.468. The summed E-state index contributed by atoms with van der Waals surface area (Å²) < 4.78 is 6.32. The summed E-state index contributed by atoms with van der Waals surface area (Å²) in [4.78, 5) is 13.8. The third-order valence-corrected chi connectivity index (χ3v) is 7.05. The summed E-state index contributed by atoms with van der Waals surface area (Å²) in [5.41, 5.74) is 7.01. The number of fused-ring (bicyclic) bond motifs is 1. The minimum atomic E-state index is -0.313. The Labute approximate surface area is 211 Å². The molecule has 4 heteroatoms. The van der Waals surface area contributed by atoms with E-state index in [9.17, 15) is 4.79 Å². The second-order valence-corrected chi connectivity index (χ2v) is 9.39. The third kappa shape index (κ3) is 4.38. The molecule has 2 N–H and O–H groups in total. The lowest BCUT2D eigenvalue weighted by atomic mass is 9.78. The van der Waals surface area contributed by atoms with Gasteiger partial charge in [0.2, 0.25) is 0 Å². The van der Waals surface area contributed by atoms with Crippen molar-refractivity contribution in [2.75, 3.05) is 10.6 Å². The number of hydrogen-bond donors (Lipinski definition) is 2. The zero-order chi connectivity index (χ0) is 24.3. The number of para-hydroxylation sites is 3.